The molecule has 0 N–H and O–H groups in total. The highest BCUT2D eigenvalue weighted by Gasteiger charge is 2.49. The Kier molecular flexibility index (Phi) is 7.47. The van der Waals surface area contributed by atoms with Crippen LogP contribution in [-0.4, -0.2) is 79.0 Å². The van der Waals surface area contributed by atoms with Crippen LogP contribution in [0.2, 0.25) is 5.02 Å². The number of ether oxygens (including phenoxy) is 1. The standard InChI is InChI=1S/C20H25Cl2F3N4O2/c1-3-4-15-18(22)19(20(23,24)25)26-29(15)12-17(30)28-9-7-27(8-10-28)13-5-6-14(21)16(11-13)31-2/h5-6,11,15,18H,3-4,7-10,12H2,1-2H3. The summed E-state index contributed by atoms with van der Waals surface area (Å²) in [6.45, 7) is 3.73. The molecular formula is C20H25Cl2F3N4O2. The summed E-state index contributed by atoms with van der Waals surface area (Å²) < 4.78 is 44.9. The predicted octanol–water partition coefficient (Wildman–Crippen LogP) is 4.01. The molecule has 2 unspecified atom stereocenters. The van der Waals surface area contributed by atoms with Gasteiger partial charge in [0.2, 0.25) is 5.91 Å². The molecule has 6 nitrogen and oxygen atoms in total. The number of amides is 1. The van der Waals surface area contributed by atoms with Gasteiger partial charge in [0.25, 0.3) is 0 Å². The molecule has 1 aromatic carbocycles. The summed E-state index contributed by atoms with van der Waals surface area (Å²) in [5, 5.41) is 4.13. The summed E-state index contributed by atoms with van der Waals surface area (Å²) in [7, 11) is 1.55. The number of hydrazone groups is 1. The molecule has 0 bridgehead atoms. The second-order valence-electron chi connectivity index (χ2n) is 7.53. The Morgan fingerprint density at radius 3 is 2.52 bits per heavy atom. The molecule has 0 radical (unpaired) electrons. The number of alkyl halides is 4. The highest BCUT2D eigenvalue weighted by atomic mass is 35.5. The fourth-order valence-electron chi connectivity index (χ4n) is 3.86. The van der Waals surface area contributed by atoms with Crippen molar-refractivity contribution < 1.29 is 22.7 Å². The van der Waals surface area contributed by atoms with E-state index in [1.54, 1.807) is 18.1 Å². The predicted molar refractivity (Wildman–Crippen MR) is 115 cm³/mol. The van der Waals surface area contributed by atoms with Gasteiger partial charge in [-0.15, -0.1) is 11.6 Å². The van der Waals surface area contributed by atoms with Crippen LogP contribution in [0.15, 0.2) is 23.3 Å². The van der Waals surface area contributed by atoms with Crippen LogP contribution in [0, 0.1) is 0 Å². The zero-order valence-electron chi connectivity index (χ0n) is 17.3. The number of benzene rings is 1. The van der Waals surface area contributed by atoms with Crippen LogP contribution >= 0.6 is 23.2 Å². The summed E-state index contributed by atoms with van der Waals surface area (Å²) in [6.07, 6.45) is -3.54. The minimum Gasteiger partial charge on any atom is -0.495 e. The fourth-order valence-corrected chi connectivity index (χ4v) is 4.47. The molecule has 3 rings (SSSR count). The Morgan fingerprint density at radius 2 is 1.94 bits per heavy atom. The Bertz CT molecular complexity index is 829. The molecule has 0 saturated carbocycles. The smallest absolute Gasteiger partial charge is 0.432 e. The van der Waals surface area contributed by atoms with Crippen molar-refractivity contribution in [2.45, 2.75) is 37.4 Å². The summed E-state index contributed by atoms with van der Waals surface area (Å²) in [4.78, 5) is 16.5. The van der Waals surface area contributed by atoms with Crippen LogP contribution < -0.4 is 9.64 Å². The fraction of sp³-hybridized carbons (Fsp3) is 0.600. The maximum atomic E-state index is 13.2. The zero-order chi connectivity index (χ0) is 22.8. The Balaban J connectivity index is 1.62. The van der Waals surface area contributed by atoms with Gasteiger partial charge in [-0.25, -0.2) is 0 Å². The van der Waals surface area contributed by atoms with E-state index in [9.17, 15) is 18.0 Å². The molecule has 11 heteroatoms. The molecular weight excluding hydrogens is 456 g/mol. The van der Waals surface area contributed by atoms with Crippen molar-refractivity contribution in [3.05, 3.63) is 23.2 Å². The molecule has 1 aromatic rings. The topological polar surface area (TPSA) is 48.4 Å². The molecule has 0 spiro atoms. The molecule has 172 valence electrons. The SMILES string of the molecule is CCCC1C(Cl)C(C(F)(F)F)=NN1CC(=O)N1CCN(c2ccc(Cl)c(OC)c2)CC1. The molecule has 2 aliphatic rings. The average Bonchev–Trinajstić information content (AvgIpc) is 3.04. The molecule has 0 aromatic heterocycles. The number of piperazine rings is 1. The van der Waals surface area contributed by atoms with E-state index < -0.39 is 23.3 Å². The zero-order valence-corrected chi connectivity index (χ0v) is 18.8. The van der Waals surface area contributed by atoms with Gasteiger partial charge in [0.1, 0.15) is 17.7 Å². The number of halogens is 5. The van der Waals surface area contributed by atoms with Gasteiger partial charge < -0.3 is 14.5 Å². The average molecular weight is 481 g/mol. The molecule has 1 fully saturated rings. The minimum atomic E-state index is -4.61. The van der Waals surface area contributed by atoms with E-state index in [-0.39, 0.29) is 12.5 Å². The van der Waals surface area contributed by atoms with Crippen LogP contribution in [0.3, 0.4) is 0 Å². The highest BCUT2D eigenvalue weighted by Crippen LogP contribution is 2.33. The Labute approximate surface area is 189 Å². The minimum absolute atomic E-state index is 0.220. The molecule has 1 amide bonds. The first kappa shape index (κ1) is 23.8. The number of carbonyl (C=O) groups is 1. The van der Waals surface area contributed by atoms with Crippen LogP contribution in [0.5, 0.6) is 5.75 Å². The third-order valence-corrected chi connectivity index (χ3v) is 6.33. The summed E-state index contributed by atoms with van der Waals surface area (Å²) in [6, 6.07) is 4.84. The van der Waals surface area contributed by atoms with Gasteiger partial charge in [-0.3, -0.25) is 9.80 Å². The van der Waals surface area contributed by atoms with Gasteiger partial charge in [0.15, 0.2) is 5.71 Å². The monoisotopic (exact) mass is 480 g/mol. The van der Waals surface area contributed by atoms with Crippen molar-refractivity contribution >= 4 is 40.5 Å². The van der Waals surface area contributed by atoms with E-state index in [4.69, 9.17) is 27.9 Å². The maximum absolute atomic E-state index is 13.2. The molecule has 31 heavy (non-hydrogen) atoms. The Hall–Kier alpha value is -1.87. The van der Waals surface area contributed by atoms with E-state index in [0.29, 0.717) is 49.8 Å². The number of hydrogen-bond donors (Lipinski definition) is 0. The van der Waals surface area contributed by atoms with Crippen molar-refractivity contribution in [3.63, 3.8) is 0 Å². The van der Waals surface area contributed by atoms with Gasteiger partial charge in [0.05, 0.1) is 18.2 Å². The van der Waals surface area contributed by atoms with Gasteiger partial charge >= 0.3 is 6.18 Å². The largest absolute Gasteiger partial charge is 0.495 e. The lowest BCUT2D eigenvalue weighted by molar-refractivity contribution is -0.133. The van der Waals surface area contributed by atoms with E-state index in [1.165, 1.54) is 5.01 Å². The molecule has 0 aliphatic carbocycles. The highest BCUT2D eigenvalue weighted by molar-refractivity contribution is 6.34. The van der Waals surface area contributed by atoms with E-state index in [1.807, 2.05) is 19.1 Å². The first-order valence-corrected chi connectivity index (χ1v) is 10.9. The molecule has 2 atom stereocenters. The molecule has 2 aliphatic heterocycles. The molecule has 1 saturated heterocycles. The third-order valence-electron chi connectivity index (χ3n) is 5.52. The van der Waals surface area contributed by atoms with Crippen LogP contribution in [0.1, 0.15) is 19.8 Å². The number of nitrogens with zero attached hydrogens (tertiary/aromatic N) is 4. The number of hydrogen-bond acceptors (Lipinski definition) is 5. The first-order chi connectivity index (χ1) is 14.7. The van der Waals surface area contributed by atoms with Gasteiger partial charge in [-0.1, -0.05) is 24.9 Å². The molecule has 2 heterocycles. The number of methoxy groups -OCH3 is 1. The van der Waals surface area contributed by atoms with Crippen molar-refractivity contribution in [1.29, 1.82) is 0 Å². The summed E-state index contributed by atoms with van der Waals surface area (Å²) >= 11 is 12.1. The van der Waals surface area contributed by atoms with Crippen LogP contribution in [-0.2, 0) is 4.79 Å². The second-order valence-corrected chi connectivity index (χ2v) is 8.40. The number of rotatable bonds is 6. The van der Waals surface area contributed by atoms with Crippen molar-refractivity contribution in [1.82, 2.24) is 9.91 Å². The van der Waals surface area contributed by atoms with Crippen molar-refractivity contribution in [2.24, 2.45) is 5.10 Å². The second kappa shape index (κ2) is 9.73. The number of carbonyl (C=O) groups excluding carboxylic acids is 1. The first-order valence-electron chi connectivity index (χ1n) is 10.1. The van der Waals surface area contributed by atoms with Crippen molar-refractivity contribution in [2.75, 3.05) is 44.7 Å². The lowest BCUT2D eigenvalue weighted by atomic mass is 10.1. The van der Waals surface area contributed by atoms with E-state index >= 15 is 0 Å². The van der Waals surface area contributed by atoms with Crippen LogP contribution in [0.4, 0.5) is 18.9 Å². The lowest BCUT2D eigenvalue weighted by Crippen LogP contribution is -2.51. The third kappa shape index (κ3) is 5.31. The van der Waals surface area contributed by atoms with E-state index in [0.717, 1.165) is 5.69 Å². The number of anilines is 1. The quantitative estimate of drug-likeness (QED) is 0.577. The lowest BCUT2D eigenvalue weighted by Gasteiger charge is -2.37. The van der Waals surface area contributed by atoms with Gasteiger partial charge in [0, 0.05) is 37.9 Å². The summed E-state index contributed by atoms with van der Waals surface area (Å²) in [5.41, 5.74) is -0.0952. The van der Waals surface area contributed by atoms with Crippen molar-refractivity contribution in [3.8, 4) is 5.75 Å². The Morgan fingerprint density at radius 1 is 1.26 bits per heavy atom. The van der Waals surface area contributed by atoms with E-state index in [2.05, 4.69) is 10.0 Å². The van der Waals surface area contributed by atoms with Gasteiger partial charge in [-0.2, -0.15) is 18.3 Å². The van der Waals surface area contributed by atoms with Gasteiger partial charge in [-0.05, 0) is 18.6 Å². The summed E-state index contributed by atoms with van der Waals surface area (Å²) in [5.74, 6) is 0.313. The maximum Gasteiger partial charge on any atom is 0.432 e. The normalized spacial score (nSPS) is 22.0. The van der Waals surface area contributed by atoms with Crippen LogP contribution in [0.25, 0.3) is 0 Å².